The minimum Gasteiger partial charge on any atom is -0.299 e. The maximum absolute atomic E-state index is 6.50. The van der Waals surface area contributed by atoms with Crippen molar-refractivity contribution in [1.82, 2.24) is 24.7 Å². The lowest BCUT2D eigenvalue weighted by Gasteiger charge is -2.10. The monoisotopic (exact) mass is 439 g/mol. The van der Waals surface area contributed by atoms with Crippen LogP contribution in [0.5, 0.6) is 0 Å². The number of pyridine rings is 2. The molecule has 0 amide bonds. The lowest BCUT2D eigenvalue weighted by Crippen LogP contribution is -2.00. The van der Waals surface area contributed by atoms with E-state index >= 15 is 0 Å². The summed E-state index contributed by atoms with van der Waals surface area (Å²) < 4.78 is 2.26. The maximum Gasteiger partial charge on any atom is 0.192 e. The zero-order valence-corrected chi connectivity index (χ0v) is 18.1. The van der Waals surface area contributed by atoms with Crippen molar-refractivity contribution in [2.75, 3.05) is 6.26 Å². The first-order valence-corrected chi connectivity index (χ1v) is 11.9. The first-order chi connectivity index (χ1) is 14.2. The molecule has 0 radical (unpaired) electrons. The first-order valence-electron chi connectivity index (χ1n) is 9.34. The van der Waals surface area contributed by atoms with Crippen molar-refractivity contribution in [2.45, 2.75) is 34.7 Å². The van der Waals surface area contributed by atoms with E-state index in [0.29, 0.717) is 16.9 Å². The fourth-order valence-electron chi connectivity index (χ4n) is 3.27. The third kappa shape index (κ3) is 3.86. The molecule has 0 bridgehead atoms. The van der Waals surface area contributed by atoms with Crippen LogP contribution in [0.2, 0.25) is 5.15 Å². The molecule has 3 heterocycles. The molecule has 1 fully saturated rings. The van der Waals surface area contributed by atoms with Gasteiger partial charge in [0.15, 0.2) is 11.0 Å². The van der Waals surface area contributed by atoms with E-state index in [9.17, 15) is 0 Å². The lowest BCUT2D eigenvalue weighted by molar-refractivity contribution is 0.669. The Morgan fingerprint density at radius 3 is 2.69 bits per heavy atom. The number of aromatic nitrogens is 5. The summed E-state index contributed by atoms with van der Waals surface area (Å²) >= 11 is 9.86. The molecule has 1 saturated carbocycles. The van der Waals surface area contributed by atoms with Crippen LogP contribution in [0.3, 0.4) is 0 Å². The van der Waals surface area contributed by atoms with Crippen molar-refractivity contribution in [3.63, 3.8) is 0 Å². The van der Waals surface area contributed by atoms with Crippen LogP contribution in [0, 0.1) is 0 Å². The number of nitrogens with zero attached hydrogens (tertiary/aromatic N) is 5. The predicted octanol–water partition coefficient (Wildman–Crippen LogP) is 5.89. The second-order valence-corrected chi connectivity index (χ2v) is 9.11. The molecule has 146 valence electrons. The van der Waals surface area contributed by atoms with E-state index in [2.05, 4.69) is 55.3 Å². The molecule has 5 rings (SSSR count). The minimum atomic E-state index is 0.478. The topological polar surface area (TPSA) is 56.5 Å². The first kappa shape index (κ1) is 18.9. The number of hydrogen-bond donors (Lipinski definition) is 0. The normalized spacial score (nSPS) is 13.9. The molecular weight excluding hydrogens is 422 g/mol. The maximum atomic E-state index is 6.50. The van der Waals surface area contributed by atoms with Crippen molar-refractivity contribution in [3.05, 3.63) is 59.5 Å². The second kappa shape index (κ2) is 7.97. The Kier molecular flexibility index (Phi) is 5.20. The summed E-state index contributed by atoms with van der Waals surface area (Å²) in [6.45, 7) is 0. The minimum absolute atomic E-state index is 0.478. The SMILES string of the molecule is CSc1ccc2cc(CSc3nnc(-c4ccncc4)n3C3CC3)c(Cl)nc2c1. The number of fused-ring (bicyclic) bond motifs is 1. The Bertz CT molecular complexity index is 1170. The van der Waals surface area contributed by atoms with Crippen LogP contribution < -0.4 is 0 Å². The molecule has 0 aliphatic heterocycles. The number of halogens is 1. The van der Waals surface area contributed by atoms with Crippen LogP contribution in [0.25, 0.3) is 22.3 Å². The van der Waals surface area contributed by atoms with E-state index in [1.165, 1.54) is 17.7 Å². The molecule has 0 N–H and O–H groups in total. The van der Waals surface area contributed by atoms with Gasteiger partial charge in [-0.1, -0.05) is 29.4 Å². The number of thioether (sulfide) groups is 2. The van der Waals surface area contributed by atoms with Gasteiger partial charge < -0.3 is 0 Å². The van der Waals surface area contributed by atoms with Crippen LogP contribution in [0.15, 0.2) is 58.8 Å². The fraction of sp³-hybridized carbons (Fsp3) is 0.238. The summed E-state index contributed by atoms with van der Waals surface area (Å²) in [5.74, 6) is 1.61. The average Bonchev–Trinajstić information content (AvgIpc) is 3.51. The predicted molar refractivity (Wildman–Crippen MR) is 120 cm³/mol. The van der Waals surface area contributed by atoms with Gasteiger partial charge in [-0.3, -0.25) is 9.55 Å². The van der Waals surface area contributed by atoms with Gasteiger partial charge in [0, 0.05) is 45.6 Å². The van der Waals surface area contributed by atoms with Crippen molar-refractivity contribution < 1.29 is 0 Å². The number of rotatable bonds is 6. The molecular formula is C21H18ClN5S2. The molecule has 1 aromatic carbocycles. The zero-order valence-electron chi connectivity index (χ0n) is 15.7. The van der Waals surface area contributed by atoms with E-state index in [1.807, 2.05) is 12.1 Å². The average molecular weight is 440 g/mol. The fourth-order valence-corrected chi connectivity index (χ4v) is 4.98. The van der Waals surface area contributed by atoms with E-state index in [1.54, 1.807) is 35.9 Å². The third-order valence-electron chi connectivity index (χ3n) is 4.92. The molecule has 8 heteroatoms. The summed E-state index contributed by atoms with van der Waals surface area (Å²) in [6, 6.07) is 12.9. The van der Waals surface area contributed by atoms with E-state index in [0.717, 1.165) is 33.0 Å². The lowest BCUT2D eigenvalue weighted by atomic mass is 10.2. The molecule has 0 atom stereocenters. The highest BCUT2D eigenvalue weighted by Gasteiger charge is 2.30. The Morgan fingerprint density at radius 1 is 1.10 bits per heavy atom. The van der Waals surface area contributed by atoms with E-state index in [4.69, 9.17) is 11.6 Å². The molecule has 1 aliphatic carbocycles. The number of benzene rings is 1. The summed E-state index contributed by atoms with van der Waals surface area (Å²) in [5, 5.41) is 11.5. The molecule has 1 aliphatic rings. The smallest absolute Gasteiger partial charge is 0.192 e. The third-order valence-corrected chi connectivity index (χ3v) is 6.97. The zero-order chi connectivity index (χ0) is 19.8. The standard InChI is InChI=1S/C21H18ClN5S2/c1-28-17-5-2-14-10-15(19(22)24-18(14)11-17)12-29-21-26-25-20(27(21)16-3-4-16)13-6-8-23-9-7-13/h2,5-11,16H,3-4,12H2,1H3. The highest BCUT2D eigenvalue weighted by molar-refractivity contribution is 7.98. The van der Waals surface area contributed by atoms with Gasteiger partial charge in [0.05, 0.1) is 5.52 Å². The van der Waals surface area contributed by atoms with Gasteiger partial charge in [0.2, 0.25) is 0 Å². The van der Waals surface area contributed by atoms with Gasteiger partial charge in [0.25, 0.3) is 0 Å². The molecule has 29 heavy (non-hydrogen) atoms. The van der Waals surface area contributed by atoms with Crippen molar-refractivity contribution in [1.29, 1.82) is 0 Å². The molecule has 0 unspecified atom stereocenters. The van der Waals surface area contributed by atoms with Crippen molar-refractivity contribution >= 4 is 46.0 Å². The Balaban J connectivity index is 1.43. The van der Waals surface area contributed by atoms with Gasteiger partial charge in [-0.05, 0) is 49.4 Å². The van der Waals surface area contributed by atoms with Crippen LogP contribution in [-0.4, -0.2) is 31.0 Å². The Morgan fingerprint density at radius 2 is 1.93 bits per heavy atom. The largest absolute Gasteiger partial charge is 0.299 e. The highest BCUT2D eigenvalue weighted by Crippen LogP contribution is 2.41. The van der Waals surface area contributed by atoms with Gasteiger partial charge >= 0.3 is 0 Å². The van der Waals surface area contributed by atoms with Crippen LogP contribution in [0.4, 0.5) is 0 Å². The molecule has 5 nitrogen and oxygen atoms in total. The van der Waals surface area contributed by atoms with Crippen LogP contribution in [0.1, 0.15) is 24.4 Å². The van der Waals surface area contributed by atoms with Crippen molar-refractivity contribution in [2.24, 2.45) is 0 Å². The molecule has 4 aromatic rings. The van der Waals surface area contributed by atoms with Crippen molar-refractivity contribution in [3.8, 4) is 11.4 Å². The Labute approximate surface area is 182 Å². The molecule has 0 spiro atoms. The quantitative estimate of drug-likeness (QED) is 0.275. The second-order valence-electron chi connectivity index (χ2n) is 6.93. The van der Waals surface area contributed by atoms with Gasteiger partial charge in [-0.15, -0.1) is 22.0 Å². The van der Waals surface area contributed by atoms with Gasteiger partial charge in [-0.2, -0.15) is 0 Å². The summed E-state index contributed by atoms with van der Waals surface area (Å²) in [7, 11) is 0. The van der Waals surface area contributed by atoms with Crippen LogP contribution >= 0.6 is 35.1 Å². The molecule has 3 aromatic heterocycles. The van der Waals surface area contributed by atoms with E-state index in [-0.39, 0.29) is 0 Å². The van der Waals surface area contributed by atoms with Gasteiger partial charge in [-0.25, -0.2) is 4.98 Å². The van der Waals surface area contributed by atoms with Gasteiger partial charge in [0.1, 0.15) is 5.15 Å². The van der Waals surface area contributed by atoms with Crippen LogP contribution in [-0.2, 0) is 5.75 Å². The Hall–Kier alpha value is -2.09. The summed E-state index contributed by atoms with van der Waals surface area (Å²) in [5.41, 5.74) is 2.98. The summed E-state index contributed by atoms with van der Waals surface area (Å²) in [4.78, 5) is 9.90. The highest BCUT2D eigenvalue weighted by atomic mass is 35.5. The van der Waals surface area contributed by atoms with E-state index < -0.39 is 0 Å². The number of hydrogen-bond acceptors (Lipinski definition) is 6. The summed E-state index contributed by atoms with van der Waals surface area (Å²) in [6.07, 6.45) is 7.97. The molecule has 0 saturated heterocycles.